The van der Waals surface area contributed by atoms with Gasteiger partial charge >= 0.3 is 5.97 Å². The number of carbonyl (C=O) groups is 1. The molecule has 3 N–H and O–H groups in total. The minimum Gasteiger partial charge on any atom is -0.494 e. The second-order valence-corrected chi connectivity index (χ2v) is 6.64. The Morgan fingerprint density at radius 1 is 1.25 bits per heavy atom. The Balaban J connectivity index is 1.42. The SMILES string of the molecule is O=C(O)CC1CC(c2ccc(OCCC3CCNCC3)cc2)NO1. The van der Waals surface area contributed by atoms with Crippen LogP contribution in [0.3, 0.4) is 0 Å². The molecular weight excluding hydrogens is 308 g/mol. The molecular formula is C18H26N2O4. The Labute approximate surface area is 142 Å². The number of hydroxylamine groups is 1. The Bertz CT molecular complexity index is 528. The van der Waals surface area contributed by atoms with Crippen molar-refractivity contribution in [3.8, 4) is 5.75 Å². The molecule has 132 valence electrons. The van der Waals surface area contributed by atoms with Crippen LogP contribution in [0.25, 0.3) is 0 Å². The van der Waals surface area contributed by atoms with Crippen LogP contribution in [0.5, 0.6) is 5.75 Å². The number of carboxylic acid groups (broad SMARTS) is 1. The lowest BCUT2D eigenvalue weighted by atomic mass is 9.95. The Morgan fingerprint density at radius 3 is 2.71 bits per heavy atom. The fraction of sp³-hybridized carbons (Fsp3) is 0.611. The molecule has 0 amide bonds. The largest absolute Gasteiger partial charge is 0.494 e. The maximum absolute atomic E-state index is 10.7. The van der Waals surface area contributed by atoms with Crippen molar-refractivity contribution >= 4 is 5.97 Å². The van der Waals surface area contributed by atoms with E-state index >= 15 is 0 Å². The molecule has 3 rings (SSSR count). The summed E-state index contributed by atoms with van der Waals surface area (Å²) in [5, 5.41) is 12.2. The summed E-state index contributed by atoms with van der Waals surface area (Å²) in [5.74, 6) is 0.824. The summed E-state index contributed by atoms with van der Waals surface area (Å²) in [6.07, 6.45) is 4.02. The molecule has 0 aliphatic carbocycles. The standard InChI is InChI=1S/C18H26N2O4/c21-18(22)12-16-11-17(20-24-16)14-1-3-15(4-2-14)23-10-7-13-5-8-19-9-6-13/h1-4,13,16-17,19-20H,5-12H2,(H,21,22). The van der Waals surface area contributed by atoms with Crippen molar-refractivity contribution in [2.24, 2.45) is 5.92 Å². The molecule has 0 aromatic heterocycles. The normalized spacial score (nSPS) is 24.8. The third-order valence-corrected chi connectivity index (χ3v) is 4.81. The first-order valence-corrected chi connectivity index (χ1v) is 8.77. The lowest BCUT2D eigenvalue weighted by Gasteiger charge is -2.22. The smallest absolute Gasteiger partial charge is 0.306 e. The monoisotopic (exact) mass is 334 g/mol. The number of hydrogen-bond acceptors (Lipinski definition) is 5. The predicted octanol–water partition coefficient (Wildman–Crippen LogP) is 2.26. The van der Waals surface area contributed by atoms with E-state index in [2.05, 4.69) is 10.8 Å². The molecule has 0 saturated carbocycles. The van der Waals surface area contributed by atoms with Crippen molar-refractivity contribution in [1.82, 2.24) is 10.8 Å². The number of ether oxygens (including phenoxy) is 1. The minimum absolute atomic E-state index is 0.0291. The van der Waals surface area contributed by atoms with Crippen molar-refractivity contribution in [3.05, 3.63) is 29.8 Å². The highest BCUT2D eigenvalue weighted by molar-refractivity contribution is 5.67. The first-order chi connectivity index (χ1) is 11.7. The number of piperidine rings is 1. The van der Waals surface area contributed by atoms with Crippen molar-refractivity contribution < 1.29 is 19.5 Å². The van der Waals surface area contributed by atoms with E-state index in [1.165, 1.54) is 12.8 Å². The van der Waals surface area contributed by atoms with E-state index in [1.807, 2.05) is 24.3 Å². The molecule has 24 heavy (non-hydrogen) atoms. The molecule has 0 radical (unpaired) electrons. The van der Waals surface area contributed by atoms with Crippen LogP contribution < -0.4 is 15.5 Å². The second kappa shape index (κ2) is 8.46. The van der Waals surface area contributed by atoms with Crippen LogP contribution in [-0.4, -0.2) is 36.9 Å². The summed E-state index contributed by atoms with van der Waals surface area (Å²) >= 11 is 0. The van der Waals surface area contributed by atoms with Crippen LogP contribution in [0.1, 0.15) is 43.7 Å². The van der Waals surface area contributed by atoms with Gasteiger partial charge in [-0.05, 0) is 62.4 Å². The maximum atomic E-state index is 10.7. The van der Waals surface area contributed by atoms with Gasteiger partial charge in [0.1, 0.15) is 5.75 Å². The average Bonchev–Trinajstić information content (AvgIpc) is 3.04. The third-order valence-electron chi connectivity index (χ3n) is 4.81. The summed E-state index contributed by atoms with van der Waals surface area (Å²) in [4.78, 5) is 16.1. The highest BCUT2D eigenvalue weighted by atomic mass is 16.7. The van der Waals surface area contributed by atoms with E-state index in [0.717, 1.165) is 43.3 Å². The van der Waals surface area contributed by atoms with Gasteiger partial charge in [-0.3, -0.25) is 9.63 Å². The van der Waals surface area contributed by atoms with Crippen LogP contribution in [0.15, 0.2) is 24.3 Å². The molecule has 6 nitrogen and oxygen atoms in total. The van der Waals surface area contributed by atoms with Crippen molar-refractivity contribution in [2.75, 3.05) is 19.7 Å². The molecule has 1 aromatic rings. The van der Waals surface area contributed by atoms with Crippen LogP contribution >= 0.6 is 0 Å². The number of aliphatic carboxylic acids is 1. The first-order valence-electron chi connectivity index (χ1n) is 8.77. The molecule has 2 saturated heterocycles. The summed E-state index contributed by atoms with van der Waals surface area (Å²) in [7, 11) is 0. The van der Waals surface area contributed by atoms with Crippen LogP contribution in [0.2, 0.25) is 0 Å². The maximum Gasteiger partial charge on any atom is 0.306 e. The molecule has 2 aliphatic rings. The summed E-state index contributed by atoms with van der Waals surface area (Å²) in [6.45, 7) is 3.01. The Kier molecular flexibility index (Phi) is 6.07. The zero-order valence-corrected chi connectivity index (χ0v) is 13.9. The van der Waals surface area contributed by atoms with Gasteiger partial charge in [-0.1, -0.05) is 12.1 Å². The summed E-state index contributed by atoms with van der Waals surface area (Å²) < 4.78 is 5.85. The molecule has 6 heteroatoms. The molecule has 2 unspecified atom stereocenters. The Morgan fingerprint density at radius 2 is 2.00 bits per heavy atom. The fourth-order valence-corrected chi connectivity index (χ4v) is 3.37. The Hall–Kier alpha value is -1.63. The molecule has 1 aromatic carbocycles. The topological polar surface area (TPSA) is 79.8 Å². The van der Waals surface area contributed by atoms with Crippen molar-refractivity contribution in [1.29, 1.82) is 0 Å². The van der Waals surface area contributed by atoms with Gasteiger partial charge in [-0.25, -0.2) is 0 Å². The van der Waals surface area contributed by atoms with Crippen LogP contribution in [-0.2, 0) is 9.63 Å². The number of carboxylic acids is 1. The van der Waals surface area contributed by atoms with E-state index in [9.17, 15) is 4.79 Å². The van der Waals surface area contributed by atoms with Crippen molar-refractivity contribution in [3.63, 3.8) is 0 Å². The van der Waals surface area contributed by atoms with E-state index < -0.39 is 5.97 Å². The van der Waals surface area contributed by atoms with Gasteiger partial charge in [0.25, 0.3) is 0 Å². The average molecular weight is 334 g/mol. The molecule has 2 atom stereocenters. The van der Waals surface area contributed by atoms with Gasteiger partial charge in [0.05, 0.1) is 25.2 Å². The fourth-order valence-electron chi connectivity index (χ4n) is 3.37. The number of nitrogens with one attached hydrogen (secondary N) is 2. The van der Waals surface area contributed by atoms with Gasteiger partial charge in [-0.2, -0.15) is 5.48 Å². The van der Waals surface area contributed by atoms with E-state index in [-0.39, 0.29) is 18.6 Å². The molecule has 2 heterocycles. The first kappa shape index (κ1) is 17.2. The van der Waals surface area contributed by atoms with Gasteiger partial charge < -0.3 is 15.2 Å². The van der Waals surface area contributed by atoms with Gasteiger partial charge in [0.15, 0.2) is 0 Å². The van der Waals surface area contributed by atoms with E-state index in [0.29, 0.717) is 6.42 Å². The van der Waals surface area contributed by atoms with E-state index in [1.54, 1.807) is 0 Å². The van der Waals surface area contributed by atoms with Crippen LogP contribution in [0.4, 0.5) is 0 Å². The zero-order chi connectivity index (χ0) is 16.8. The lowest BCUT2D eigenvalue weighted by molar-refractivity contribution is -0.140. The van der Waals surface area contributed by atoms with Gasteiger partial charge in [0.2, 0.25) is 0 Å². The van der Waals surface area contributed by atoms with Gasteiger partial charge in [0, 0.05) is 0 Å². The molecule has 0 spiro atoms. The minimum atomic E-state index is -0.833. The van der Waals surface area contributed by atoms with Crippen LogP contribution in [0, 0.1) is 5.92 Å². The zero-order valence-electron chi connectivity index (χ0n) is 13.9. The summed E-state index contributed by atoms with van der Waals surface area (Å²) in [5.41, 5.74) is 4.02. The predicted molar refractivity (Wildman–Crippen MR) is 89.8 cm³/mol. The highest BCUT2D eigenvalue weighted by Crippen LogP contribution is 2.28. The number of rotatable bonds is 7. The molecule has 2 aliphatic heterocycles. The molecule has 2 fully saturated rings. The van der Waals surface area contributed by atoms with Crippen molar-refractivity contribution in [2.45, 2.75) is 44.2 Å². The lowest BCUT2D eigenvalue weighted by Crippen LogP contribution is -2.28. The number of hydrogen-bond donors (Lipinski definition) is 3. The highest BCUT2D eigenvalue weighted by Gasteiger charge is 2.28. The quantitative estimate of drug-likeness (QED) is 0.710. The molecule has 0 bridgehead atoms. The number of benzene rings is 1. The third kappa shape index (κ3) is 4.93. The summed E-state index contributed by atoms with van der Waals surface area (Å²) in [6, 6.07) is 8.03. The second-order valence-electron chi connectivity index (χ2n) is 6.64. The van der Waals surface area contributed by atoms with Gasteiger partial charge in [-0.15, -0.1) is 0 Å². The van der Waals surface area contributed by atoms with E-state index in [4.69, 9.17) is 14.7 Å².